The highest BCUT2D eigenvalue weighted by Gasteiger charge is 2.31. The van der Waals surface area contributed by atoms with Crippen LogP contribution in [0.25, 0.3) is 0 Å². The number of rotatable bonds is 6. The van der Waals surface area contributed by atoms with E-state index in [1.54, 1.807) is 24.3 Å². The SMILES string of the molecule is CC1C(c2ccc(Br)cc2)OCCN1CC(O)COc1ccc(Cl)cc1.Cl. The van der Waals surface area contributed by atoms with Crippen molar-refractivity contribution in [1.82, 2.24) is 4.90 Å². The summed E-state index contributed by atoms with van der Waals surface area (Å²) in [5, 5.41) is 11.1. The predicted octanol–water partition coefficient (Wildman–Crippen LogP) is 4.73. The largest absolute Gasteiger partial charge is 0.491 e. The molecule has 3 unspecified atom stereocenters. The highest BCUT2D eigenvalue weighted by Crippen LogP contribution is 2.29. The van der Waals surface area contributed by atoms with Crippen molar-refractivity contribution in [2.75, 3.05) is 26.3 Å². The number of hydrogen-bond acceptors (Lipinski definition) is 4. The number of benzene rings is 2. The van der Waals surface area contributed by atoms with Crippen LogP contribution >= 0.6 is 39.9 Å². The van der Waals surface area contributed by atoms with Gasteiger partial charge in [0.2, 0.25) is 0 Å². The molecule has 4 nitrogen and oxygen atoms in total. The van der Waals surface area contributed by atoms with Crippen molar-refractivity contribution >= 4 is 39.9 Å². The van der Waals surface area contributed by atoms with Crippen LogP contribution in [0.4, 0.5) is 0 Å². The lowest BCUT2D eigenvalue weighted by molar-refractivity contribution is -0.0804. The van der Waals surface area contributed by atoms with Crippen molar-refractivity contribution in [1.29, 1.82) is 0 Å². The molecular formula is C20H24BrCl2NO3. The first-order chi connectivity index (χ1) is 12.5. The molecule has 3 rings (SSSR count). The lowest BCUT2D eigenvalue weighted by Gasteiger charge is -2.40. The second-order valence-corrected chi connectivity index (χ2v) is 7.85. The molecule has 2 aromatic carbocycles. The van der Waals surface area contributed by atoms with Crippen molar-refractivity contribution in [2.24, 2.45) is 0 Å². The Labute approximate surface area is 180 Å². The van der Waals surface area contributed by atoms with Gasteiger partial charge in [-0.3, -0.25) is 4.90 Å². The fourth-order valence-corrected chi connectivity index (χ4v) is 3.55. The molecule has 1 fully saturated rings. The minimum atomic E-state index is -0.572. The third kappa shape index (κ3) is 6.34. The van der Waals surface area contributed by atoms with Gasteiger partial charge in [0.1, 0.15) is 18.5 Å². The first kappa shape index (κ1) is 22.5. The molecule has 1 saturated heterocycles. The van der Waals surface area contributed by atoms with E-state index in [0.29, 0.717) is 23.9 Å². The number of nitrogens with zero attached hydrogens (tertiary/aromatic N) is 1. The van der Waals surface area contributed by atoms with E-state index in [0.717, 1.165) is 16.6 Å². The van der Waals surface area contributed by atoms with Crippen molar-refractivity contribution in [3.05, 3.63) is 63.6 Å². The molecule has 0 radical (unpaired) electrons. The third-order valence-corrected chi connectivity index (χ3v) is 5.37. The molecule has 0 aliphatic carbocycles. The van der Waals surface area contributed by atoms with Crippen LogP contribution in [-0.2, 0) is 4.74 Å². The average Bonchev–Trinajstić information content (AvgIpc) is 2.64. The van der Waals surface area contributed by atoms with Crippen LogP contribution in [0, 0.1) is 0 Å². The number of β-amino-alcohol motifs (C(OH)–C–C–N with tert-alkyl or cyclic N) is 1. The molecule has 0 amide bonds. The molecule has 0 aromatic heterocycles. The summed E-state index contributed by atoms with van der Waals surface area (Å²) in [6.07, 6.45) is -0.571. The quantitative estimate of drug-likeness (QED) is 0.654. The first-order valence-corrected chi connectivity index (χ1v) is 9.87. The summed E-state index contributed by atoms with van der Waals surface area (Å²) in [7, 11) is 0. The Morgan fingerprint density at radius 3 is 2.56 bits per heavy atom. The van der Waals surface area contributed by atoms with E-state index in [1.165, 1.54) is 0 Å². The van der Waals surface area contributed by atoms with Crippen LogP contribution in [0.3, 0.4) is 0 Å². The molecule has 27 heavy (non-hydrogen) atoms. The van der Waals surface area contributed by atoms with Crippen molar-refractivity contribution in [3.63, 3.8) is 0 Å². The summed E-state index contributed by atoms with van der Waals surface area (Å²) in [5.74, 6) is 0.705. The maximum Gasteiger partial charge on any atom is 0.119 e. The molecule has 0 saturated carbocycles. The van der Waals surface area contributed by atoms with E-state index in [1.807, 2.05) is 12.1 Å². The number of morpholine rings is 1. The molecule has 2 aromatic rings. The van der Waals surface area contributed by atoms with E-state index in [4.69, 9.17) is 21.1 Å². The maximum absolute atomic E-state index is 10.4. The molecular weight excluding hydrogens is 453 g/mol. The topological polar surface area (TPSA) is 41.9 Å². The van der Waals surface area contributed by atoms with Crippen molar-refractivity contribution < 1.29 is 14.6 Å². The predicted molar refractivity (Wildman–Crippen MR) is 114 cm³/mol. The monoisotopic (exact) mass is 475 g/mol. The lowest BCUT2D eigenvalue weighted by Crippen LogP contribution is -2.49. The first-order valence-electron chi connectivity index (χ1n) is 8.70. The molecule has 1 heterocycles. The summed E-state index contributed by atoms with van der Waals surface area (Å²) in [6.45, 7) is 4.38. The van der Waals surface area contributed by atoms with Gasteiger partial charge in [-0.05, 0) is 48.9 Å². The fraction of sp³-hybridized carbons (Fsp3) is 0.400. The molecule has 1 N–H and O–H groups in total. The van der Waals surface area contributed by atoms with Gasteiger partial charge in [-0.1, -0.05) is 39.7 Å². The van der Waals surface area contributed by atoms with E-state index in [-0.39, 0.29) is 31.2 Å². The van der Waals surface area contributed by atoms with Gasteiger partial charge in [0.25, 0.3) is 0 Å². The number of hydrogen-bond donors (Lipinski definition) is 1. The Balaban J connectivity index is 0.00000261. The van der Waals surface area contributed by atoms with Crippen LogP contribution in [0.2, 0.25) is 5.02 Å². The highest BCUT2D eigenvalue weighted by molar-refractivity contribution is 9.10. The Kier molecular flexibility index (Phi) is 8.86. The Hall–Kier alpha value is -0.820. The van der Waals surface area contributed by atoms with E-state index < -0.39 is 6.10 Å². The average molecular weight is 477 g/mol. The fourth-order valence-electron chi connectivity index (χ4n) is 3.16. The Bertz CT molecular complexity index is 699. The molecule has 148 valence electrons. The summed E-state index contributed by atoms with van der Waals surface area (Å²) in [6, 6.07) is 15.5. The maximum atomic E-state index is 10.4. The standard InChI is InChI=1S/C20H23BrClNO3.ClH/c1-14-20(15-2-4-16(21)5-3-15)25-11-10-23(14)12-18(24)13-26-19-8-6-17(22)7-9-19;/h2-9,14,18,20,24H,10-13H2,1H3;1H. The third-order valence-electron chi connectivity index (χ3n) is 4.59. The summed E-state index contributed by atoms with van der Waals surface area (Å²) >= 11 is 9.33. The van der Waals surface area contributed by atoms with E-state index in [2.05, 4.69) is 39.9 Å². The van der Waals surface area contributed by atoms with Gasteiger partial charge in [0.15, 0.2) is 0 Å². The summed E-state index contributed by atoms with van der Waals surface area (Å²) in [4.78, 5) is 2.26. The normalized spacial score (nSPS) is 21.3. The Morgan fingerprint density at radius 2 is 1.89 bits per heavy atom. The van der Waals surface area contributed by atoms with E-state index >= 15 is 0 Å². The van der Waals surface area contributed by atoms with Crippen LogP contribution in [0.15, 0.2) is 53.0 Å². The molecule has 7 heteroatoms. The Morgan fingerprint density at radius 1 is 1.22 bits per heavy atom. The van der Waals surface area contributed by atoms with Crippen LogP contribution in [0.5, 0.6) is 5.75 Å². The van der Waals surface area contributed by atoms with Gasteiger partial charge in [-0.2, -0.15) is 0 Å². The minimum Gasteiger partial charge on any atom is -0.491 e. The number of aliphatic hydroxyl groups is 1. The van der Waals surface area contributed by atoms with Crippen molar-refractivity contribution in [2.45, 2.75) is 25.2 Å². The van der Waals surface area contributed by atoms with Gasteiger partial charge in [0.05, 0.1) is 12.7 Å². The number of halogens is 3. The smallest absolute Gasteiger partial charge is 0.119 e. The molecule has 3 atom stereocenters. The summed E-state index contributed by atoms with van der Waals surface area (Å²) in [5.41, 5.74) is 1.15. The number of aliphatic hydroxyl groups excluding tert-OH is 1. The number of ether oxygens (including phenoxy) is 2. The van der Waals surface area contributed by atoms with E-state index in [9.17, 15) is 5.11 Å². The minimum absolute atomic E-state index is 0. The second-order valence-electron chi connectivity index (χ2n) is 6.50. The van der Waals surface area contributed by atoms with Gasteiger partial charge in [-0.25, -0.2) is 0 Å². The van der Waals surface area contributed by atoms with Gasteiger partial charge in [-0.15, -0.1) is 12.4 Å². The molecule has 0 bridgehead atoms. The van der Waals surface area contributed by atoms with Crippen LogP contribution in [0.1, 0.15) is 18.6 Å². The second kappa shape index (κ2) is 10.6. The highest BCUT2D eigenvalue weighted by atomic mass is 79.9. The molecule has 1 aliphatic heterocycles. The zero-order valence-corrected chi connectivity index (χ0v) is 18.2. The molecule has 1 aliphatic rings. The zero-order chi connectivity index (χ0) is 18.5. The zero-order valence-electron chi connectivity index (χ0n) is 15.1. The lowest BCUT2D eigenvalue weighted by atomic mass is 10.0. The van der Waals surface area contributed by atoms with Crippen LogP contribution in [-0.4, -0.2) is 48.5 Å². The van der Waals surface area contributed by atoms with Crippen LogP contribution < -0.4 is 4.74 Å². The van der Waals surface area contributed by atoms with Crippen molar-refractivity contribution in [3.8, 4) is 5.75 Å². The molecule has 0 spiro atoms. The van der Waals surface area contributed by atoms with Gasteiger partial charge in [0, 0.05) is 28.6 Å². The van der Waals surface area contributed by atoms with Gasteiger partial charge < -0.3 is 14.6 Å². The van der Waals surface area contributed by atoms with Gasteiger partial charge >= 0.3 is 0 Å². The summed E-state index contributed by atoms with van der Waals surface area (Å²) < 4.78 is 12.7.